The molecular weight excluding hydrogens is 282 g/mol. The Morgan fingerprint density at radius 2 is 2.20 bits per heavy atom. The highest BCUT2D eigenvalue weighted by Crippen LogP contribution is 2.16. The van der Waals surface area contributed by atoms with Gasteiger partial charge < -0.3 is 15.2 Å². The van der Waals surface area contributed by atoms with Crippen molar-refractivity contribution in [3.05, 3.63) is 29.3 Å². The van der Waals surface area contributed by atoms with Gasteiger partial charge in [-0.15, -0.1) is 0 Å². The van der Waals surface area contributed by atoms with Crippen molar-refractivity contribution in [3.8, 4) is 5.75 Å². The van der Waals surface area contributed by atoms with Crippen molar-refractivity contribution in [2.75, 3.05) is 6.61 Å². The number of ether oxygens (including phenoxy) is 1. The van der Waals surface area contributed by atoms with Gasteiger partial charge in [-0.1, -0.05) is 37.4 Å². The molecule has 0 aromatic heterocycles. The van der Waals surface area contributed by atoms with Gasteiger partial charge in [0.2, 0.25) is 0 Å². The van der Waals surface area contributed by atoms with Crippen LogP contribution in [0, 0.1) is 0 Å². The van der Waals surface area contributed by atoms with E-state index in [2.05, 4.69) is 5.32 Å². The molecule has 110 valence electrons. The van der Waals surface area contributed by atoms with Gasteiger partial charge in [-0.25, -0.2) is 4.79 Å². The number of hydrogen-bond donors (Lipinski definition) is 2. The zero-order chi connectivity index (χ0) is 15.0. The van der Waals surface area contributed by atoms with Gasteiger partial charge in [0.25, 0.3) is 5.91 Å². The monoisotopic (exact) mass is 299 g/mol. The van der Waals surface area contributed by atoms with Crippen molar-refractivity contribution in [3.63, 3.8) is 0 Å². The molecule has 0 heterocycles. The van der Waals surface area contributed by atoms with Crippen LogP contribution in [-0.2, 0) is 9.59 Å². The van der Waals surface area contributed by atoms with Gasteiger partial charge in [-0.2, -0.15) is 0 Å². The molecule has 0 aliphatic carbocycles. The Balaban J connectivity index is 2.43. The third kappa shape index (κ3) is 5.93. The lowest BCUT2D eigenvalue weighted by Crippen LogP contribution is -2.42. The minimum atomic E-state index is -1.03. The molecule has 2 N–H and O–H groups in total. The first-order valence-corrected chi connectivity index (χ1v) is 6.81. The number of carbonyl (C=O) groups excluding carboxylic acids is 1. The molecule has 1 amide bonds. The summed E-state index contributed by atoms with van der Waals surface area (Å²) in [4.78, 5) is 22.6. The molecule has 0 spiro atoms. The lowest BCUT2D eigenvalue weighted by molar-refractivity contribution is -0.142. The Morgan fingerprint density at radius 1 is 1.45 bits per heavy atom. The van der Waals surface area contributed by atoms with Crippen molar-refractivity contribution >= 4 is 23.5 Å². The fourth-order valence-electron chi connectivity index (χ4n) is 1.61. The maximum Gasteiger partial charge on any atom is 0.326 e. The third-order valence-corrected chi connectivity index (χ3v) is 2.88. The van der Waals surface area contributed by atoms with E-state index >= 15 is 0 Å². The average molecular weight is 300 g/mol. The predicted octanol–water partition coefficient (Wildman–Crippen LogP) is 2.48. The Bertz CT molecular complexity index is 464. The number of nitrogens with one attached hydrogen (secondary N) is 1. The van der Waals surface area contributed by atoms with E-state index in [1.165, 1.54) is 0 Å². The van der Waals surface area contributed by atoms with Crippen LogP contribution >= 0.6 is 11.6 Å². The standard InChI is InChI=1S/C14H18ClNO4/c1-2-3-7-12(14(18)19)16-13(17)9-20-11-6-4-5-10(15)8-11/h4-6,8,12H,2-3,7,9H2,1H3,(H,16,17)(H,18,19)/t12-/m0/s1. The number of carboxylic acids is 1. The van der Waals surface area contributed by atoms with Crippen LogP contribution < -0.4 is 10.1 Å². The summed E-state index contributed by atoms with van der Waals surface area (Å²) in [5.74, 6) is -1.03. The van der Waals surface area contributed by atoms with Gasteiger partial charge >= 0.3 is 5.97 Å². The Kier molecular flexibility index (Phi) is 6.87. The molecule has 0 radical (unpaired) electrons. The molecular formula is C14H18ClNO4. The SMILES string of the molecule is CCCC[C@H](NC(=O)COc1cccc(Cl)c1)C(=O)O. The number of benzene rings is 1. The van der Waals surface area contributed by atoms with E-state index in [0.29, 0.717) is 17.2 Å². The predicted molar refractivity (Wildman–Crippen MR) is 76.0 cm³/mol. The van der Waals surface area contributed by atoms with Crippen molar-refractivity contribution < 1.29 is 19.4 Å². The normalized spacial score (nSPS) is 11.7. The minimum Gasteiger partial charge on any atom is -0.484 e. The van der Waals surface area contributed by atoms with Crippen LogP contribution in [0.15, 0.2) is 24.3 Å². The number of amides is 1. The van der Waals surface area contributed by atoms with Gasteiger partial charge in [-0.3, -0.25) is 4.79 Å². The lowest BCUT2D eigenvalue weighted by atomic mass is 10.1. The summed E-state index contributed by atoms with van der Waals surface area (Å²) in [5, 5.41) is 11.9. The summed E-state index contributed by atoms with van der Waals surface area (Å²) >= 11 is 5.78. The molecule has 0 bridgehead atoms. The second-order valence-electron chi connectivity index (χ2n) is 4.35. The molecule has 0 aliphatic rings. The number of carboxylic acid groups (broad SMARTS) is 1. The van der Waals surface area contributed by atoms with E-state index in [4.69, 9.17) is 21.4 Å². The van der Waals surface area contributed by atoms with Gasteiger partial charge in [0.1, 0.15) is 11.8 Å². The van der Waals surface area contributed by atoms with E-state index in [0.717, 1.165) is 12.8 Å². The second kappa shape index (κ2) is 8.43. The van der Waals surface area contributed by atoms with Crippen LogP contribution in [0.1, 0.15) is 26.2 Å². The number of halogens is 1. The molecule has 1 rings (SSSR count). The van der Waals surface area contributed by atoms with Crippen LogP contribution in [0.5, 0.6) is 5.75 Å². The number of aliphatic carboxylic acids is 1. The van der Waals surface area contributed by atoms with Gasteiger partial charge in [0, 0.05) is 5.02 Å². The first-order valence-electron chi connectivity index (χ1n) is 6.43. The van der Waals surface area contributed by atoms with Gasteiger partial charge in [0.15, 0.2) is 6.61 Å². The van der Waals surface area contributed by atoms with Crippen molar-refractivity contribution in [1.29, 1.82) is 0 Å². The van der Waals surface area contributed by atoms with Crippen LogP contribution in [0.25, 0.3) is 0 Å². The molecule has 0 saturated heterocycles. The summed E-state index contributed by atoms with van der Waals surface area (Å²) in [5.41, 5.74) is 0. The molecule has 20 heavy (non-hydrogen) atoms. The van der Waals surface area contributed by atoms with Crippen LogP contribution in [0.2, 0.25) is 5.02 Å². The molecule has 1 aromatic carbocycles. The van der Waals surface area contributed by atoms with Gasteiger partial charge in [0.05, 0.1) is 0 Å². The molecule has 0 fully saturated rings. The first kappa shape index (κ1) is 16.3. The molecule has 0 aliphatic heterocycles. The summed E-state index contributed by atoms with van der Waals surface area (Å²) in [6, 6.07) is 5.78. The highest BCUT2D eigenvalue weighted by atomic mass is 35.5. The Hall–Kier alpha value is -1.75. The zero-order valence-corrected chi connectivity index (χ0v) is 12.0. The average Bonchev–Trinajstić information content (AvgIpc) is 2.41. The fourth-order valence-corrected chi connectivity index (χ4v) is 1.79. The highest BCUT2D eigenvalue weighted by molar-refractivity contribution is 6.30. The summed E-state index contributed by atoms with van der Waals surface area (Å²) in [6.45, 7) is 1.72. The smallest absolute Gasteiger partial charge is 0.326 e. The molecule has 1 aromatic rings. The van der Waals surface area contributed by atoms with Crippen LogP contribution in [0.3, 0.4) is 0 Å². The van der Waals surface area contributed by atoms with E-state index in [1.54, 1.807) is 24.3 Å². The second-order valence-corrected chi connectivity index (χ2v) is 4.78. The fraction of sp³-hybridized carbons (Fsp3) is 0.429. The Morgan fingerprint density at radius 3 is 2.80 bits per heavy atom. The number of rotatable bonds is 8. The summed E-state index contributed by atoms with van der Waals surface area (Å²) < 4.78 is 5.24. The minimum absolute atomic E-state index is 0.240. The highest BCUT2D eigenvalue weighted by Gasteiger charge is 2.19. The largest absolute Gasteiger partial charge is 0.484 e. The van der Waals surface area contributed by atoms with Crippen molar-refractivity contribution in [1.82, 2.24) is 5.32 Å². The molecule has 1 atom stereocenters. The summed E-state index contributed by atoms with van der Waals surface area (Å²) in [7, 11) is 0. The van der Waals surface area contributed by atoms with E-state index in [-0.39, 0.29) is 6.61 Å². The van der Waals surface area contributed by atoms with Crippen LogP contribution in [-0.4, -0.2) is 29.6 Å². The summed E-state index contributed by atoms with van der Waals surface area (Å²) in [6.07, 6.45) is 2.03. The zero-order valence-electron chi connectivity index (χ0n) is 11.3. The lowest BCUT2D eigenvalue weighted by Gasteiger charge is -2.14. The number of hydrogen-bond acceptors (Lipinski definition) is 3. The van der Waals surface area contributed by atoms with Crippen LogP contribution in [0.4, 0.5) is 0 Å². The maximum absolute atomic E-state index is 11.6. The quantitative estimate of drug-likeness (QED) is 0.773. The third-order valence-electron chi connectivity index (χ3n) is 2.65. The van der Waals surface area contributed by atoms with E-state index in [1.807, 2.05) is 6.92 Å². The molecule has 5 nitrogen and oxygen atoms in total. The topological polar surface area (TPSA) is 75.6 Å². The van der Waals surface area contributed by atoms with E-state index in [9.17, 15) is 9.59 Å². The first-order chi connectivity index (χ1) is 9.52. The maximum atomic E-state index is 11.6. The van der Waals surface area contributed by atoms with Crippen molar-refractivity contribution in [2.45, 2.75) is 32.2 Å². The molecule has 6 heteroatoms. The molecule has 0 unspecified atom stereocenters. The van der Waals surface area contributed by atoms with Crippen molar-refractivity contribution in [2.24, 2.45) is 0 Å². The number of unbranched alkanes of at least 4 members (excludes halogenated alkanes) is 1. The van der Waals surface area contributed by atoms with E-state index < -0.39 is 17.9 Å². The van der Waals surface area contributed by atoms with Gasteiger partial charge in [-0.05, 0) is 24.6 Å². The number of carbonyl (C=O) groups is 2. The Labute approximate surface area is 122 Å². The molecule has 0 saturated carbocycles.